The van der Waals surface area contributed by atoms with Crippen LogP contribution in [0, 0.1) is 6.92 Å². The van der Waals surface area contributed by atoms with E-state index in [0.29, 0.717) is 48.9 Å². The zero-order valence-corrected chi connectivity index (χ0v) is 18.6. The molecular weight excluding hydrogens is 388 g/mol. The van der Waals surface area contributed by atoms with Crippen molar-refractivity contribution in [2.75, 3.05) is 40.5 Å². The lowest BCUT2D eigenvalue weighted by atomic mass is 9.99. The number of hydrogen-bond donors (Lipinski definition) is 1. The van der Waals surface area contributed by atoms with Gasteiger partial charge < -0.3 is 29.1 Å². The molecule has 168 valence electrons. The summed E-state index contributed by atoms with van der Waals surface area (Å²) in [7, 11) is 3.21. The number of rotatable bonds is 9. The minimum absolute atomic E-state index is 0.0659. The van der Waals surface area contributed by atoms with Gasteiger partial charge >= 0.3 is 6.09 Å². The third kappa shape index (κ3) is 5.56. The smallest absolute Gasteiger partial charge is 0.407 e. The van der Waals surface area contributed by atoms with Gasteiger partial charge in [0.15, 0.2) is 11.5 Å². The van der Waals surface area contributed by atoms with Crippen LogP contribution in [0.15, 0.2) is 12.1 Å². The summed E-state index contributed by atoms with van der Waals surface area (Å²) in [5, 5.41) is 9.37. The monoisotopic (exact) mass is 422 g/mol. The average Bonchev–Trinajstić information content (AvgIpc) is 2.71. The molecule has 0 radical (unpaired) electrons. The Bertz CT molecular complexity index is 737. The van der Waals surface area contributed by atoms with Gasteiger partial charge in [0.25, 0.3) is 5.91 Å². The van der Waals surface area contributed by atoms with Gasteiger partial charge in [-0.15, -0.1) is 0 Å². The zero-order valence-electron chi connectivity index (χ0n) is 18.6. The lowest BCUT2D eigenvalue weighted by Gasteiger charge is -2.40. The Labute approximate surface area is 178 Å². The number of nitrogens with zero attached hydrogens (tertiary/aromatic N) is 2. The average molecular weight is 423 g/mol. The fraction of sp³-hybridized carbons (Fsp3) is 0.636. The maximum atomic E-state index is 13.6. The van der Waals surface area contributed by atoms with E-state index >= 15 is 0 Å². The summed E-state index contributed by atoms with van der Waals surface area (Å²) >= 11 is 0. The molecule has 1 heterocycles. The quantitative estimate of drug-likeness (QED) is 0.614. The van der Waals surface area contributed by atoms with Crippen molar-refractivity contribution in [2.24, 2.45) is 0 Å². The van der Waals surface area contributed by atoms with E-state index in [4.69, 9.17) is 14.2 Å². The van der Waals surface area contributed by atoms with Crippen molar-refractivity contribution in [3.05, 3.63) is 23.3 Å². The summed E-state index contributed by atoms with van der Waals surface area (Å²) in [5.41, 5.74) is 1.26. The molecule has 1 aromatic carbocycles. The van der Waals surface area contributed by atoms with E-state index in [2.05, 4.69) is 0 Å². The summed E-state index contributed by atoms with van der Waals surface area (Å²) in [6.07, 6.45) is 1.30. The first-order chi connectivity index (χ1) is 14.3. The number of hydrogen-bond acceptors (Lipinski definition) is 5. The molecule has 1 N–H and O–H groups in total. The Hall–Kier alpha value is -2.48. The van der Waals surface area contributed by atoms with Gasteiger partial charge in [0.1, 0.15) is 0 Å². The first-order valence-electron chi connectivity index (χ1n) is 10.4. The van der Waals surface area contributed by atoms with E-state index in [1.54, 1.807) is 31.3 Å². The van der Waals surface area contributed by atoms with Crippen molar-refractivity contribution in [1.82, 2.24) is 9.80 Å². The van der Waals surface area contributed by atoms with E-state index in [1.807, 2.05) is 20.8 Å². The molecular formula is C22H34N2O6. The summed E-state index contributed by atoms with van der Waals surface area (Å²) in [5.74, 6) is 1.01. The van der Waals surface area contributed by atoms with Crippen LogP contribution in [0.1, 0.15) is 49.0 Å². The van der Waals surface area contributed by atoms with Crippen LogP contribution in [0.2, 0.25) is 0 Å². The fourth-order valence-electron chi connectivity index (χ4n) is 3.93. The Kier molecular flexibility index (Phi) is 8.77. The highest BCUT2D eigenvalue weighted by atomic mass is 16.5. The predicted molar refractivity (Wildman–Crippen MR) is 114 cm³/mol. The summed E-state index contributed by atoms with van der Waals surface area (Å²) < 4.78 is 16.4. The van der Waals surface area contributed by atoms with E-state index in [0.717, 1.165) is 19.3 Å². The molecule has 30 heavy (non-hydrogen) atoms. The maximum Gasteiger partial charge on any atom is 0.407 e. The van der Waals surface area contributed by atoms with Crippen molar-refractivity contribution in [3.8, 4) is 11.5 Å². The molecule has 0 aliphatic carbocycles. The van der Waals surface area contributed by atoms with Gasteiger partial charge in [-0.1, -0.05) is 0 Å². The topological polar surface area (TPSA) is 88.5 Å². The molecule has 0 bridgehead atoms. The lowest BCUT2D eigenvalue weighted by molar-refractivity contribution is 0.0448. The highest BCUT2D eigenvalue weighted by Gasteiger charge is 2.33. The van der Waals surface area contributed by atoms with E-state index in [-0.39, 0.29) is 18.0 Å². The van der Waals surface area contributed by atoms with Crippen LogP contribution in [0.5, 0.6) is 11.5 Å². The van der Waals surface area contributed by atoms with Crippen LogP contribution < -0.4 is 9.47 Å². The Morgan fingerprint density at radius 2 is 2.00 bits per heavy atom. The molecule has 0 unspecified atom stereocenters. The summed E-state index contributed by atoms with van der Waals surface area (Å²) in [4.78, 5) is 28.2. The van der Waals surface area contributed by atoms with Crippen molar-refractivity contribution >= 4 is 12.0 Å². The number of methoxy groups -OCH3 is 2. The molecule has 2 rings (SSSR count). The second-order valence-electron chi connectivity index (χ2n) is 7.80. The first-order valence-corrected chi connectivity index (χ1v) is 10.4. The second-order valence-corrected chi connectivity index (χ2v) is 7.80. The van der Waals surface area contributed by atoms with Gasteiger partial charge in [-0.25, -0.2) is 4.79 Å². The molecule has 1 aliphatic rings. The fourth-order valence-corrected chi connectivity index (χ4v) is 3.93. The Balaban J connectivity index is 2.30. The first kappa shape index (κ1) is 23.8. The van der Waals surface area contributed by atoms with E-state index in [1.165, 1.54) is 4.90 Å². The third-order valence-electron chi connectivity index (χ3n) is 5.41. The molecule has 1 aliphatic heterocycles. The molecule has 8 nitrogen and oxygen atoms in total. The largest absolute Gasteiger partial charge is 0.493 e. The van der Waals surface area contributed by atoms with Crippen molar-refractivity contribution < 1.29 is 28.9 Å². The number of likely N-dealkylation sites (tertiary alicyclic amines) is 1. The number of ether oxygens (including phenoxy) is 3. The predicted octanol–water partition coefficient (Wildman–Crippen LogP) is 3.41. The van der Waals surface area contributed by atoms with Gasteiger partial charge in [0.05, 0.1) is 19.8 Å². The molecule has 1 aromatic rings. The number of carboxylic acid groups (broad SMARTS) is 1. The van der Waals surface area contributed by atoms with Crippen LogP contribution in [0.3, 0.4) is 0 Å². The van der Waals surface area contributed by atoms with Gasteiger partial charge in [0, 0.05) is 50.4 Å². The standard InChI is InChI=1S/C22H34N2O6/c1-15(2)24(17-8-6-11-23(14-17)22(26)27)21(25)18-9-10-19(29-5)20(16(18)3)30-13-7-12-28-4/h9-10,15,17H,6-8,11-14H2,1-5H3,(H,26,27)/t17-/m1/s1. The molecule has 0 spiro atoms. The van der Waals surface area contributed by atoms with Crippen LogP contribution in [0.4, 0.5) is 4.79 Å². The number of carbonyl (C=O) groups is 2. The van der Waals surface area contributed by atoms with Crippen LogP contribution in [0.25, 0.3) is 0 Å². The van der Waals surface area contributed by atoms with Gasteiger partial charge in [0.2, 0.25) is 0 Å². The van der Waals surface area contributed by atoms with Crippen LogP contribution in [-0.2, 0) is 4.74 Å². The molecule has 1 saturated heterocycles. The minimum atomic E-state index is -0.941. The Morgan fingerprint density at radius 3 is 2.60 bits per heavy atom. The zero-order chi connectivity index (χ0) is 22.3. The van der Waals surface area contributed by atoms with E-state index in [9.17, 15) is 14.7 Å². The molecule has 1 atom stereocenters. The molecule has 2 amide bonds. The lowest BCUT2D eigenvalue weighted by Crippen LogP contribution is -2.53. The molecule has 0 aromatic heterocycles. The van der Waals surface area contributed by atoms with Gasteiger partial charge in [-0.2, -0.15) is 0 Å². The highest BCUT2D eigenvalue weighted by Crippen LogP contribution is 2.34. The van der Waals surface area contributed by atoms with Crippen LogP contribution in [-0.4, -0.2) is 79.5 Å². The Morgan fingerprint density at radius 1 is 1.27 bits per heavy atom. The van der Waals surface area contributed by atoms with Gasteiger partial charge in [-0.05, 0) is 45.7 Å². The van der Waals surface area contributed by atoms with Gasteiger partial charge in [-0.3, -0.25) is 4.79 Å². The van der Waals surface area contributed by atoms with Crippen molar-refractivity contribution in [3.63, 3.8) is 0 Å². The summed E-state index contributed by atoms with van der Waals surface area (Å²) in [6, 6.07) is 3.28. The molecule has 1 fully saturated rings. The number of piperidine rings is 1. The molecule has 8 heteroatoms. The van der Waals surface area contributed by atoms with Crippen molar-refractivity contribution in [1.29, 1.82) is 0 Å². The summed E-state index contributed by atoms with van der Waals surface area (Å²) in [6.45, 7) is 7.64. The highest BCUT2D eigenvalue weighted by molar-refractivity contribution is 5.97. The third-order valence-corrected chi connectivity index (χ3v) is 5.41. The van der Waals surface area contributed by atoms with Crippen molar-refractivity contribution in [2.45, 2.75) is 52.1 Å². The SMILES string of the molecule is COCCCOc1c(OC)ccc(C(=O)N(C(C)C)[C@@H]2CCCN(C(=O)O)C2)c1C. The normalized spacial score (nSPS) is 16.5. The second kappa shape index (κ2) is 11.1. The number of carbonyl (C=O) groups excluding carboxylic acids is 1. The number of amides is 2. The molecule has 0 saturated carbocycles. The van der Waals surface area contributed by atoms with E-state index < -0.39 is 6.09 Å². The van der Waals surface area contributed by atoms with Crippen LogP contribution >= 0.6 is 0 Å². The number of benzene rings is 1. The minimum Gasteiger partial charge on any atom is -0.493 e. The maximum absolute atomic E-state index is 13.6.